The van der Waals surface area contributed by atoms with Crippen molar-refractivity contribution in [2.75, 3.05) is 11.9 Å². The number of hydrogen-bond donors (Lipinski definition) is 1. The first-order chi connectivity index (χ1) is 13.2. The van der Waals surface area contributed by atoms with Crippen LogP contribution in [0.2, 0.25) is 0 Å². The summed E-state index contributed by atoms with van der Waals surface area (Å²) < 4.78 is 20.8. The monoisotopic (exact) mass is 382 g/mol. The summed E-state index contributed by atoms with van der Waals surface area (Å²) >= 11 is 1.26. The van der Waals surface area contributed by atoms with Crippen molar-refractivity contribution < 1.29 is 9.13 Å². The number of benzene rings is 2. The van der Waals surface area contributed by atoms with Crippen LogP contribution in [0.25, 0.3) is 4.96 Å². The van der Waals surface area contributed by atoms with E-state index in [4.69, 9.17) is 4.74 Å². The van der Waals surface area contributed by atoms with Crippen molar-refractivity contribution in [3.05, 3.63) is 88.6 Å². The minimum absolute atomic E-state index is 0.183. The molecule has 4 rings (SSSR count). The third-order valence-corrected chi connectivity index (χ3v) is 4.77. The van der Waals surface area contributed by atoms with E-state index in [1.807, 2.05) is 30.3 Å². The lowest BCUT2D eigenvalue weighted by Crippen LogP contribution is -2.20. The molecule has 0 spiro atoms. The van der Waals surface area contributed by atoms with Gasteiger partial charge in [-0.25, -0.2) is 9.37 Å². The van der Waals surface area contributed by atoms with Gasteiger partial charge < -0.3 is 10.1 Å². The summed E-state index contributed by atoms with van der Waals surface area (Å²) in [5, 5.41) is 8.06. The number of anilines is 1. The normalized spacial score (nSPS) is 12.0. The van der Waals surface area contributed by atoms with E-state index < -0.39 is 5.82 Å². The average molecular weight is 382 g/mol. The van der Waals surface area contributed by atoms with Gasteiger partial charge in [0.25, 0.3) is 5.56 Å². The Balaban J connectivity index is 1.60. The largest absolute Gasteiger partial charge is 0.488 e. The average Bonchev–Trinajstić information content (AvgIpc) is 3.11. The Hall–Kier alpha value is -3.26. The van der Waals surface area contributed by atoms with Gasteiger partial charge in [-0.2, -0.15) is 4.52 Å². The van der Waals surface area contributed by atoms with Crippen LogP contribution < -0.4 is 15.6 Å². The van der Waals surface area contributed by atoms with Gasteiger partial charge in [0.05, 0.1) is 6.04 Å². The minimum atomic E-state index is -0.417. The van der Waals surface area contributed by atoms with Gasteiger partial charge in [-0.05, 0) is 17.7 Å². The second kappa shape index (κ2) is 7.55. The molecule has 0 radical (unpaired) electrons. The molecule has 2 aromatic carbocycles. The van der Waals surface area contributed by atoms with Crippen LogP contribution in [0.15, 0.2) is 71.7 Å². The van der Waals surface area contributed by atoms with E-state index in [2.05, 4.69) is 15.4 Å². The number of nitrogens with one attached hydrogen (secondary N) is 1. The van der Waals surface area contributed by atoms with E-state index in [9.17, 15) is 9.18 Å². The maximum atomic E-state index is 13.9. The standard InChI is InChI=1S/C19H15FN4O2S/c20-14-8-4-5-9-16(14)26-12-15(13-6-2-1-3-7-13)22-18-23-24-17(25)10-11-21-19(24)27-18/h1-11,15H,12H2,(H,22,23). The SMILES string of the molecule is O=c1ccnc2sc(NC(COc3ccccc3F)c3ccccc3)nn12. The molecular formula is C19H15FN4O2S. The van der Waals surface area contributed by atoms with Gasteiger partial charge in [-0.15, -0.1) is 5.10 Å². The molecule has 0 aliphatic rings. The third-order valence-electron chi connectivity index (χ3n) is 3.91. The topological polar surface area (TPSA) is 68.5 Å². The zero-order chi connectivity index (χ0) is 18.6. The Labute approximate surface area is 157 Å². The van der Waals surface area contributed by atoms with Crippen LogP contribution in [0.5, 0.6) is 5.75 Å². The number of aromatic nitrogens is 3. The Kier molecular flexibility index (Phi) is 4.80. The summed E-state index contributed by atoms with van der Waals surface area (Å²) in [5.74, 6) is -0.234. The summed E-state index contributed by atoms with van der Waals surface area (Å²) in [6.45, 7) is 0.184. The molecule has 27 heavy (non-hydrogen) atoms. The highest BCUT2D eigenvalue weighted by Gasteiger charge is 2.16. The molecule has 0 aliphatic carbocycles. The molecule has 0 saturated heterocycles. The maximum Gasteiger partial charge on any atom is 0.275 e. The highest BCUT2D eigenvalue weighted by molar-refractivity contribution is 7.20. The van der Waals surface area contributed by atoms with Crippen molar-refractivity contribution >= 4 is 21.4 Å². The van der Waals surface area contributed by atoms with Crippen LogP contribution in [0.1, 0.15) is 11.6 Å². The second-order valence-corrected chi connectivity index (χ2v) is 6.69. The quantitative estimate of drug-likeness (QED) is 0.553. The highest BCUT2D eigenvalue weighted by Crippen LogP contribution is 2.25. The van der Waals surface area contributed by atoms with Crippen LogP contribution in [0, 0.1) is 5.82 Å². The molecular weight excluding hydrogens is 367 g/mol. The van der Waals surface area contributed by atoms with E-state index in [0.717, 1.165) is 5.56 Å². The van der Waals surface area contributed by atoms with Gasteiger partial charge in [-0.1, -0.05) is 53.8 Å². The van der Waals surface area contributed by atoms with Gasteiger partial charge in [0.2, 0.25) is 10.1 Å². The smallest absolute Gasteiger partial charge is 0.275 e. The zero-order valence-electron chi connectivity index (χ0n) is 14.1. The number of rotatable bonds is 6. The number of nitrogens with zero attached hydrogens (tertiary/aromatic N) is 3. The predicted molar refractivity (Wildman–Crippen MR) is 102 cm³/mol. The molecule has 1 unspecified atom stereocenters. The van der Waals surface area contributed by atoms with Crippen molar-refractivity contribution in [1.82, 2.24) is 14.6 Å². The molecule has 2 aromatic heterocycles. The molecule has 4 aromatic rings. The fraction of sp³-hybridized carbons (Fsp3) is 0.105. The van der Waals surface area contributed by atoms with Gasteiger partial charge >= 0.3 is 0 Å². The van der Waals surface area contributed by atoms with Crippen molar-refractivity contribution in [3.8, 4) is 5.75 Å². The van der Waals surface area contributed by atoms with E-state index in [0.29, 0.717) is 10.1 Å². The van der Waals surface area contributed by atoms with Crippen molar-refractivity contribution in [3.63, 3.8) is 0 Å². The van der Waals surface area contributed by atoms with Gasteiger partial charge in [0, 0.05) is 12.3 Å². The Morgan fingerprint density at radius 2 is 1.89 bits per heavy atom. The van der Waals surface area contributed by atoms with E-state index in [1.165, 1.54) is 34.2 Å². The van der Waals surface area contributed by atoms with Gasteiger partial charge in [0.1, 0.15) is 6.61 Å². The first-order valence-corrected chi connectivity index (χ1v) is 9.06. The van der Waals surface area contributed by atoms with E-state index in [-0.39, 0.29) is 24.0 Å². The number of hydrogen-bond acceptors (Lipinski definition) is 6. The van der Waals surface area contributed by atoms with E-state index in [1.54, 1.807) is 18.2 Å². The third kappa shape index (κ3) is 3.80. The fourth-order valence-electron chi connectivity index (χ4n) is 2.59. The minimum Gasteiger partial charge on any atom is -0.488 e. The van der Waals surface area contributed by atoms with Crippen LogP contribution in [-0.4, -0.2) is 21.2 Å². The molecule has 8 heteroatoms. The molecule has 2 heterocycles. The number of halogens is 1. The lowest BCUT2D eigenvalue weighted by Gasteiger charge is -2.19. The lowest BCUT2D eigenvalue weighted by molar-refractivity contribution is 0.285. The molecule has 0 aliphatic heterocycles. The molecule has 1 N–H and O–H groups in total. The summed E-state index contributed by atoms with van der Waals surface area (Å²) in [6.07, 6.45) is 1.45. The molecule has 0 saturated carbocycles. The molecule has 0 amide bonds. The summed E-state index contributed by atoms with van der Waals surface area (Å²) in [5.41, 5.74) is 0.705. The molecule has 0 fully saturated rings. The number of ether oxygens (including phenoxy) is 1. The van der Waals surface area contributed by atoms with Crippen LogP contribution in [-0.2, 0) is 0 Å². The summed E-state index contributed by atoms with van der Waals surface area (Å²) in [6, 6.07) is 17.0. The Morgan fingerprint density at radius 3 is 2.67 bits per heavy atom. The Bertz CT molecular complexity index is 1110. The predicted octanol–water partition coefficient (Wildman–Crippen LogP) is 3.52. The molecule has 0 bridgehead atoms. The molecule has 136 valence electrons. The van der Waals surface area contributed by atoms with Crippen molar-refractivity contribution in [2.24, 2.45) is 0 Å². The fourth-order valence-corrected chi connectivity index (χ4v) is 3.42. The lowest BCUT2D eigenvalue weighted by atomic mass is 10.1. The number of para-hydroxylation sites is 1. The van der Waals surface area contributed by atoms with Crippen LogP contribution in [0.4, 0.5) is 9.52 Å². The number of fused-ring (bicyclic) bond motifs is 1. The van der Waals surface area contributed by atoms with Crippen molar-refractivity contribution in [2.45, 2.75) is 6.04 Å². The summed E-state index contributed by atoms with van der Waals surface area (Å²) in [4.78, 5) is 16.5. The zero-order valence-corrected chi connectivity index (χ0v) is 14.9. The van der Waals surface area contributed by atoms with Crippen LogP contribution >= 0.6 is 11.3 Å². The highest BCUT2D eigenvalue weighted by atomic mass is 32.1. The summed E-state index contributed by atoms with van der Waals surface area (Å²) in [7, 11) is 0. The maximum absolute atomic E-state index is 13.9. The second-order valence-electron chi connectivity index (χ2n) is 5.73. The molecule has 6 nitrogen and oxygen atoms in total. The molecule has 1 atom stereocenters. The first-order valence-electron chi connectivity index (χ1n) is 8.24. The van der Waals surface area contributed by atoms with E-state index >= 15 is 0 Å². The van der Waals surface area contributed by atoms with Gasteiger partial charge in [0.15, 0.2) is 11.6 Å². The van der Waals surface area contributed by atoms with Crippen molar-refractivity contribution in [1.29, 1.82) is 0 Å². The first kappa shape index (κ1) is 17.2. The Morgan fingerprint density at radius 1 is 1.11 bits per heavy atom. The van der Waals surface area contributed by atoms with Gasteiger partial charge in [-0.3, -0.25) is 4.79 Å². The van der Waals surface area contributed by atoms with Crippen LogP contribution in [0.3, 0.4) is 0 Å².